The van der Waals surface area contributed by atoms with Gasteiger partial charge in [-0.15, -0.1) is 0 Å². The zero-order valence-corrected chi connectivity index (χ0v) is 7.75. The van der Waals surface area contributed by atoms with Crippen LogP contribution < -0.4 is 0 Å². The maximum atomic E-state index is 9.00. The van der Waals surface area contributed by atoms with Crippen LogP contribution in [0.4, 0.5) is 0 Å². The van der Waals surface area contributed by atoms with E-state index in [1.165, 1.54) is 0 Å². The largest absolute Gasteiger partial charge is 0.392 e. The highest BCUT2D eigenvalue weighted by atomic mass is 16.3. The highest BCUT2D eigenvalue weighted by Gasteiger charge is 1.98. The average molecular weight is 175 g/mol. The summed E-state index contributed by atoms with van der Waals surface area (Å²) in [6.07, 6.45) is 1.30. The molecule has 1 rings (SSSR count). The summed E-state index contributed by atoms with van der Waals surface area (Å²) in [5.74, 6) is 0. The van der Waals surface area contributed by atoms with Crippen LogP contribution in [0.3, 0.4) is 0 Å². The lowest BCUT2D eigenvalue weighted by molar-refractivity contribution is 0.281. The third-order valence-corrected chi connectivity index (χ3v) is 2.11. The molecule has 0 radical (unpaired) electrons. The molecule has 13 heavy (non-hydrogen) atoms. The zero-order chi connectivity index (χ0) is 9.68. The van der Waals surface area contributed by atoms with Gasteiger partial charge in [-0.25, -0.2) is 0 Å². The Labute approximate surface area is 78.4 Å². The number of nitrogens with zero attached hydrogens (tertiary/aromatic N) is 1. The van der Waals surface area contributed by atoms with E-state index in [4.69, 9.17) is 10.4 Å². The maximum absolute atomic E-state index is 9.00. The van der Waals surface area contributed by atoms with E-state index >= 15 is 0 Å². The fourth-order valence-corrected chi connectivity index (χ4v) is 1.25. The molecule has 0 saturated carbocycles. The van der Waals surface area contributed by atoms with Crippen molar-refractivity contribution >= 4 is 0 Å². The minimum absolute atomic E-state index is 0.0756. The van der Waals surface area contributed by atoms with Crippen LogP contribution in [0.2, 0.25) is 0 Å². The predicted molar refractivity (Wildman–Crippen MR) is 51.0 cm³/mol. The Balaban J connectivity index is 2.81. The summed E-state index contributed by atoms with van der Waals surface area (Å²) in [5, 5.41) is 17.4. The third-order valence-electron chi connectivity index (χ3n) is 2.11. The Bertz CT molecular complexity index is 325. The minimum Gasteiger partial charge on any atom is -0.392 e. The predicted octanol–water partition coefficient (Wildman–Crippen LogP) is 1.94. The molecule has 0 fully saturated rings. The minimum atomic E-state index is 0.0756. The number of aliphatic hydroxyl groups is 1. The molecule has 2 heteroatoms. The molecule has 0 aliphatic carbocycles. The number of aryl methyl sites for hydroxylation is 2. The molecule has 0 amide bonds. The van der Waals surface area contributed by atoms with Crippen LogP contribution in [0, 0.1) is 18.3 Å². The van der Waals surface area contributed by atoms with Crippen molar-refractivity contribution in [1.29, 1.82) is 5.26 Å². The quantitative estimate of drug-likeness (QED) is 0.763. The highest BCUT2D eigenvalue weighted by molar-refractivity contribution is 5.30. The van der Waals surface area contributed by atoms with Gasteiger partial charge in [0.15, 0.2) is 0 Å². The molecule has 0 aliphatic rings. The highest BCUT2D eigenvalue weighted by Crippen LogP contribution is 2.12. The van der Waals surface area contributed by atoms with Gasteiger partial charge in [-0.1, -0.05) is 18.2 Å². The first-order chi connectivity index (χ1) is 6.27. The molecule has 1 N–H and O–H groups in total. The Morgan fingerprint density at radius 2 is 2.23 bits per heavy atom. The fraction of sp³-hybridized carbons (Fsp3) is 0.364. The van der Waals surface area contributed by atoms with Crippen LogP contribution >= 0.6 is 0 Å². The van der Waals surface area contributed by atoms with Gasteiger partial charge in [0.05, 0.1) is 12.7 Å². The number of hydrogen-bond donors (Lipinski definition) is 1. The van der Waals surface area contributed by atoms with E-state index in [1.807, 2.05) is 25.1 Å². The van der Waals surface area contributed by atoms with Crippen LogP contribution in [0.25, 0.3) is 0 Å². The molecule has 0 saturated heterocycles. The summed E-state index contributed by atoms with van der Waals surface area (Å²) in [4.78, 5) is 0. The Morgan fingerprint density at radius 3 is 2.85 bits per heavy atom. The molecule has 1 aromatic rings. The zero-order valence-electron chi connectivity index (χ0n) is 7.75. The molecule has 0 heterocycles. The topological polar surface area (TPSA) is 44.0 Å². The summed E-state index contributed by atoms with van der Waals surface area (Å²) in [6, 6.07) is 8.06. The third kappa shape index (κ3) is 2.57. The van der Waals surface area contributed by atoms with E-state index < -0.39 is 0 Å². The van der Waals surface area contributed by atoms with E-state index in [-0.39, 0.29) is 6.61 Å². The smallest absolute Gasteiger partial charge is 0.0684 e. The van der Waals surface area contributed by atoms with Crippen molar-refractivity contribution in [2.24, 2.45) is 0 Å². The van der Waals surface area contributed by atoms with Crippen molar-refractivity contribution in [2.45, 2.75) is 26.4 Å². The first-order valence-corrected chi connectivity index (χ1v) is 4.34. The van der Waals surface area contributed by atoms with Crippen molar-refractivity contribution in [2.75, 3.05) is 0 Å². The number of aliphatic hydroxyl groups excluding tert-OH is 1. The fourth-order valence-electron chi connectivity index (χ4n) is 1.25. The number of hydrogen-bond acceptors (Lipinski definition) is 2. The molecular weight excluding hydrogens is 162 g/mol. The van der Waals surface area contributed by atoms with E-state index in [0.29, 0.717) is 6.42 Å². The van der Waals surface area contributed by atoms with Crippen molar-refractivity contribution in [1.82, 2.24) is 0 Å². The lowest BCUT2D eigenvalue weighted by Crippen LogP contribution is -1.92. The Morgan fingerprint density at radius 1 is 1.46 bits per heavy atom. The van der Waals surface area contributed by atoms with E-state index in [0.717, 1.165) is 23.1 Å². The van der Waals surface area contributed by atoms with Gasteiger partial charge in [-0.05, 0) is 30.0 Å². The lowest BCUT2D eigenvalue weighted by Gasteiger charge is -2.04. The summed E-state index contributed by atoms with van der Waals surface area (Å²) in [5.41, 5.74) is 3.18. The molecular formula is C11H13NO. The van der Waals surface area contributed by atoms with Crippen LogP contribution in [0.5, 0.6) is 0 Å². The normalized spacial score (nSPS) is 9.62. The molecule has 2 nitrogen and oxygen atoms in total. The Kier molecular flexibility index (Phi) is 3.48. The molecule has 1 aromatic carbocycles. The number of rotatable bonds is 3. The van der Waals surface area contributed by atoms with Gasteiger partial charge in [0.2, 0.25) is 0 Å². The first-order valence-electron chi connectivity index (χ1n) is 4.34. The van der Waals surface area contributed by atoms with E-state index in [1.54, 1.807) is 0 Å². The van der Waals surface area contributed by atoms with Crippen molar-refractivity contribution in [3.8, 4) is 6.07 Å². The second-order valence-electron chi connectivity index (χ2n) is 3.08. The van der Waals surface area contributed by atoms with Crippen molar-refractivity contribution < 1.29 is 5.11 Å². The summed E-state index contributed by atoms with van der Waals surface area (Å²) >= 11 is 0. The lowest BCUT2D eigenvalue weighted by atomic mass is 10.0. The SMILES string of the molecule is Cc1ccc(CCC#N)cc1CO. The number of benzene rings is 1. The van der Waals surface area contributed by atoms with Crippen molar-refractivity contribution in [3.05, 3.63) is 34.9 Å². The van der Waals surface area contributed by atoms with Crippen LogP contribution in [-0.2, 0) is 13.0 Å². The van der Waals surface area contributed by atoms with Crippen LogP contribution in [0.1, 0.15) is 23.1 Å². The van der Waals surface area contributed by atoms with Gasteiger partial charge < -0.3 is 5.11 Å². The maximum Gasteiger partial charge on any atom is 0.0684 e. The second-order valence-corrected chi connectivity index (χ2v) is 3.08. The van der Waals surface area contributed by atoms with Gasteiger partial charge in [0, 0.05) is 6.42 Å². The average Bonchev–Trinajstić information content (AvgIpc) is 2.16. The van der Waals surface area contributed by atoms with Gasteiger partial charge in [-0.3, -0.25) is 0 Å². The number of nitriles is 1. The van der Waals surface area contributed by atoms with E-state index in [2.05, 4.69) is 6.07 Å². The Hall–Kier alpha value is -1.33. The molecule has 0 atom stereocenters. The monoisotopic (exact) mass is 175 g/mol. The first kappa shape index (κ1) is 9.76. The molecule has 0 aliphatic heterocycles. The van der Waals surface area contributed by atoms with Gasteiger partial charge in [0.1, 0.15) is 0 Å². The summed E-state index contributed by atoms with van der Waals surface area (Å²) in [6.45, 7) is 2.05. The molecule has 0 aromatic heterocycles. The van der Waals surface area contributed by atoms with Gasteiger partial charge >= 0.3 is 0 Å². The van der Waals surface area contributed by atoms with Gasteiger partial charge in [-0.2, -0.15) is 5.26 Å². The molecule has 68 valence electrons. The second kappa shape index (κ2) is 4.64. The van der Waals surface area contributed by atoms with Crippen LogP contribution in [0.15, 0.2) is 18.2 Å². The van der Waals surface area contributed by atoms with Crippen LogP contribution in [-0.4, -0.2) is 5.11 Å². The van der Waals surface area contributed by atoms with Gasteiger partial charge in [0.25, 0.3) is 0 Å². The summed E-state index contributed by atoms with van der Waals surface area (Å²) < 4.78 is 0. The summed E-state index contributed by atoms with van der Waals surface area (Å²) in [7, 11) is 0. The molecule has 0 bridgehead atoms. The van der Waals surface area contributed by atoms with E-state index in [9.17, 15) is 0 Å². The van der Waals surface area contributed by atoms with Crippen molar-refractivity contribution in [3.63, 3.8) is 0 Å². The molecule has 0 spiro atoms. The molecule has 0 unspecified atom stereocenters. The standard InChI is InChI=1S/C11H13NO/c1-9-4-5-10(3-2-6-12)7-11(9)8-13/h4-5,7,13H,2-3,8H2,1H3.